The Morgan fingerprint density at radius 1 is 1.25 bits per heavy atom. The van der Waals surface area contributed by atoms with Gasteiger partial charge in [-0.15, -0.1) is 0 Å². The van der Waals surface area contributed by atoms with Crippen molar-refractivity contribution in [1.29, 1.82) is 0 Å². The summed E-state index contributed by atoms with van der Waals surface area (Å²) in [6.45, 7) is 11.0. The number of carbonyl (C=O) groups is 1. The van der Waals surface area contributed by atoms with Gasteiger partial charge in [0.2, 0.25) is 0 Å². The van der Waals surface area contributed by atoms with Crippen LogP contribution in [0, 0.1) is 0 Å². The summed E-state index contributed by atoms with van der Waals surface area (Å²) in [5.74, 6) is -0.0822. The van der Waals surface area contributed by atoms with E-state index in [2.05, 4.69) is 26.6 Å². The van der Waals surface area contributed by atoms with E-state index < -0.39 is 8.32 Å². The van der Waals surface area contributed by atoms with Crippen LogP contribution in [0.5, 0.6) is 0 Å². The Bertz CT molecular complexity index is 199. The first kappa shape index (κ1) is 15.6. The van der Waals surface area contributed by atoms with Gasteiger partial charge < -0.3 is 9.16 Å². The van der Waals surface area contributed by atoms with Crippen LogP contribution in [0.1, 0.15) is 39.5 Å². The number of unbranched alkanes of at least 4 members (excludes halogenated alkanes) is 1. The van der Waals surface area contributed by atoms with Crippen molar-refractivity contribution >= 4 is 14.3 Å². The van der Waals surface area contributed by atoms with Gasteiger partial charge in [-0.3, -0.25) is 4.79 Å². The van der Waals surface area contributed by atoms with Gasteiger partial charge in [0, 0.05) is 12.5 Å². The number of hydrogen-bond donors (Lipinski definition) is 0. The number of hydrogen-bond acceptors (Lipinski definition) is 3. The Balaban J connectivity index is 3.48. The van der Waals surface area contributed by atoms with Crippen molar-refractivity contribution < 1.29 is 14.0 Å². The van der Waals surface area contributed by atoms with E-state index in [0.717, 1.165) is 19.3 Å². The minimum Gasteiger partial charge on any atom is -0.466 e. The maximum Gasteiger partial charge on any atom is 0.305 e. The number of rotatable bonds is 8. The molecular formula is C12H26O3Si. The molecule has 0 N–H and O–H groups in total. The molecule has 0 fully saturated rings. The molecule has 0 saturated carbocycles. The standard InChI is InChI=1S/C12H26O3Si/c1-6-14-12(13)10-8-7-9-11(2)15-16(3,4)5/h11H,6-10H2,1-5H3. The lowest BCUT2D eigenvalue weighted by molar-refractivity contribution is -0.143. The highest BCUT2D eigenvalue weighted by Crippen LogP contribution is 2.13. The molecule has 0 aliphatic rings. The minimum atomic E-state index is -1.41. The zero-order valence-corrected chi connectivity index (χ0v) is 12.3. The van der Waals surface area contributed by atoms with E-state index in [4.69, 9.17) is 9.16 Å². The van der Waals surface area contributed by atoms with Gasteiger partial charge in [0.15, 0.2) is 8.32 Å². The summed E-state index contributed by atoms with van der Waals surface area (Å²) < 4.78 is 10.8. The third kappa shape index (κ3) is 10.2. The van der Waals surface area contributed by atoms with Crippen molar-refractivity contribution in [2.24, 2.45) is 0 Å². The molecule has 0 amide bonds. The molecule has 0 aromatic rings. The highest BCUT2D eigenvalue weighted by molar-refractivity contribution is 6.69. The minimum absolute atomic E-state index is 0.0822. The van der Waals surface area contributed by atoms with E-state index in [1.165, 1.54) is 0 Å². The van der Waals surface area contributed by atoms with Crippen molar-refractivity contribution in [3.63, 3.8) is 0 Å². The Morgan fingerprint density at radius 2 is 1.88 bits per heavy atom. The predicted octanol–water partition coefficient (Wildman–Crippen LogP) is 3.35. The molecule has 0 bridgehead atoms. The highest BCUT2D eigenvalue weighted by Gasteiger charge is 2.17. The topological polar surface area (TPSA) is 35.5 Å². The molecule has 1 unspecified atom stereocenters. The zero-order chi connectivity index (χ0) is 12.6. The average Bonchev–Trinajstić information content (AvgIpc) is 2.10. The summed E-state index contributed by atoms with van der Waals surface area (Å²) in [4.78, 5) is 11.1. The molecule has 16 heavy (non-hydrogen) atoms. The van der Waals surface area contributed by atoms with E-state index in [1.807, 2.05) is 6.92 Å². The number of esters is 1. The van der Waals surface area contributed by atoms with Gasteiger partial charge >= 0.3 is 5.97 Å². The Labute approximate surface area is 101 Å². The second-order valence-electron chi connectivity index (χ2n) is 5.09. The van der Waals surface area contributed by atoms with Crippen LogP contribution in [0.3, 0.4) is 0 Å². The lowest BCUT2D eigenvalue weighted by atomic mass is 10.1. The van der Waals surface area contributed by atoms with Crippen molar-refractivity contribution in [2.75, 3.05) is 6.61 Å². The van der Waals surface area contributed by atoms with E-state index in [0.29, 0.717) is 19.1 Å². The molecule has 0 saturated heterocycles. The van der Waals surface area contributed by atoms with Crippen LogP contribution < -0.4 is 0 Å². The molecule has 3 nitrogen and oxygen atoms in total. The molecule has 96 valence electrons. The highest BCUT2D eigenvalue weighted by atomic mass is 28.4. The Morgan fingerprint density at radius 3 is 2.38 bits per heavy atom. The predicted molar refractivity (Wildman–Crippen MR) is 69.0 cm³/mol. The monoisotopic (exact) mass is 246 g/mol. The first-order chi connectivity index (χ1) is 7.35. The van der Waals surface area contributed by atoms with Crippen LogP contribution in [0.4, 0.5) is 0 Å². The third-order valence-electron chi connectivity index (χ3n) is 2.10. The fourth-order valence-electron chi connectivity index (χ4n) is 1.60. The smallest absolute Gasteiger partial charge is 0.305 e. The van der Waals surface area contributed by atoms with Crippen LogP contribution in [0.15, 0.2) is 0 Å². The molecule has 0 aromatic heterocycles. The van der Waals surface area contributed by atoms with Crippen molar-refractivity contribution in [3.05, 3.63) is 0 Å². The van der Waals surface area contributed by atoms with E-state index in [-0.39, 0.29) is 5.97 Å². The quantitative estimate of drug-likeness (QED) is 0.374. The summed E-state index contributed by atoms with van der Waals surface area (Å²) in [6.07, 6.45) is 3.81. The Hall–Kier alpha value is -0.353. The van der Waals surface area contributed by atoms with Crippen LogP contribution in [-0.4, -0.2) is 27.0 Å². The van der Waals surface area contributed by atoms with Crippen molar-refractivity contribution in [2.45, 2.75) is 65.3 Å². The van der Waals surface area contributed by atoms with Crippen LogP contribution in [0.2, 0.25) is 19.6 Å². The third-order valence-corrected chi connectivity index (χ3v) is 3.21. The van der Waals surface area contributed by atoms with Gasteiger partial charge in [-0.2, -0.15) is 0 Å². The van der Waals surface area contributed by atoms with Crippen LogP contribution in [-0.2, 0) is 14.0 Å². The second kappa shape index (κ2) is 7.85. The molecule has 0 rings (SSSR count). The zero-order valence-electron chi connectivity index (χ0n) is 11.3. The largest absolute Gasteiger partial charge is 0.466 e. The summed E-state index contributed by atoms with van der Waals surface area (Å²) in [5.41, 5.74) is 0. The molecule has 0 aliphatic carbocycles. The maximum atomic E-state index is 11.1. The summed E-state index contributed by atoms with van der Waals surface area (Å²) >= 11 is 0. The first-order valence-corrected chi connectivity index (χ1v) is 9.59. The Kier molecular flexibility index (Phi) is 7.67. The fraction of sp³-hybridized carbons (Fsp3) is 0.917. The molecule has 1 atom stereocenters. The number of carbonyl (C=O) groups excluding carboxylic acids is 1. The van der Waals surface area contributed by atoms with Gasteiger partial charge in [-0.1, -0.05) is 6.42 Å². The molecule has 0 aliphatic heterocycles. The lowest BCUT2D eigenvalue weighted by Gasteiger charge is -2.23. The molecule has 0 spiro atoms. The van der Waals surface area contributed by atoms with Crippen LogP contribution in [0.25, 0.3) is 0 Å². The normalized spacial score (nSPS) is 13.6. The van der Waals surface area contributed by atoms with Crippen molar-refractivity contribution in [3.8, 4) is 0 Å². The van der Waals surface area contributed by atoms with E-state index >= 15 is 0 Å². The second-order valence-corrected chi connectivity index (χ2v) is 9.55. The van der Waals surface area contributed by atoms with E-state index in [9.17, 15) is 4.79 Å². The lowest BCUT2D eigenvalue weighted by Crippen LogP contribution is -2.30. The van der Waals surface area contributed by atoms with Crippen molar-refractivity contribution in [1.82, 2.24) is 0 Å². The van der Waals surface area contributed by atoms with Gasteiger partial charge in [0.1, 0.15) is 0 Å². The van der Waals surface area contributed by atoms with Crippen LogP contribution >= 0.6 is 0 Å². The van der Waals surface area contributed by atoms with Gasteiger partial charge in [0.05, 0.1) is 6.61 Å². The maximum absolute atomic E-state index is 11.1. The molecule has 0 heterocycles. The first-order valence-electron chi connectivity index (χ1n) is 6.18. The number of ether oxygens (including phenoxy) is 1. The summed E-state index contributed by atoms with van der Waals surface area (Å²) in [6, 6.07) is 0. The molecule has 0 radical (unpaired) electrons. The van der Waals surface area contributed by atoms with Gasteiger partial charge in [0.25, 0.3) is 0 Å². The summed E-state index contributed by atoms with van der Waals surface area (Å²) in [5, 5.41) is 0. The van der Waals surface area contributed by atoms with E-state index in [1.54, 1.807) is 0 Å². The summed E-state index contributed by atoms with van der Waals surface area (Å²) in [7, 11) is -1.41. The molecule has 4 heteroatoms. The molecule has 0 aromatic carbocycles. The van der Waals surface area contributed by atoms with Gasteiger partial charge in [-0.05, 0) is 46.3 Å². The SMILES string of the molecule is CCOC(=O)CCCCC(C)O[Si](C)(C)C. The molecular weight excluding hydrogens is 220 g/mol. The fourth-order valence-corrected chi connectivity index (χ4v) is 2.92. The average molecular weight is 246 g/mol. The van der Waals surface area contributed by atoms with Gasteiger partial charge in [-0.25, -0.2) is 0 Å².